The van der Waals surface area contributed by atoms with Gasteiger partial charge in [0.05, 0.1) is 18.8 Å². The Kier molecular flexibility index (Phi) is 9.39. The average molecular weight is 497 g/mol. The molecule has 0 saturated carbocycles. The third-order valence-corrected chi connectivity index (χ3v) is 3.45. The largest absolute Gasteiger partial charge is 0.484 e. The van der Waals surface area contributed by atoms with Gasteiger partial charge in [0.1, 0.15) is 5.75 Å². The lowest BCUT2D eigenvalue weighted by Gasteiger charge is -2.12. The molecule has 0 saturated heterocycles. The summed E-state index contributed by atoms with van der Waals surface area (Å²) in [5.41, 5.74) is 1.88. The van der Waals surface area contributed by atoms with Crippen LogP contribution in [0.2, 0.25) is 0 Å². The first kappa shape index (κ1) is 23.1. The molecule has 2 rings (SSSR count). The number of hydrogen-bond acceptors (Lipinski definition) is 3. The number of benzene rings is 1. The van der Waals surface area contributed by atoms with E-state index in [2.05, 4.69) is 25.5 Å². The molecule has 0 fully saturated rings. The molecule has 2 aromatic rings. The van der Waals surface area contributed by atoms with Crippen LogP contribution in [-0.2, 0) is 20.1 Å². The predicted molar refractivity (Wildman–Crippen MR) is 108 cm³/mol. The summed E-state index contributed by atoms with van der Waals surface area (Å²) in [4.78, 5) is 4.47. The van der Waals surface area contributed by atoms with Crippen molar-refractivity contribution in [1.82, 2.24) is 20.4 Å². The molecule has 0 aliphatic carbocycles. The number of nitrogens with one attached hydrogen (secondary N) is 2. The summed E-state index contributed by atoms with van der Waals surface area (Å²) >= 11 is 0. The monoisotopic (exact) mass is 497 g/mol. The van der Waals surface area contributed by atoms with Crippen LogP contribution in [0, 0.1) is 0 Å². The minimum Gasteiger partial charge on any atom is -0.484 e. The second kappa shape index (κ2) is 11.0. The van der Waals surface area contributed by atoms with E-state index in [0.717, 1.165) is 11.3 Å². The van der Waals surface area contributed by atoms with Gasteiger partial charge in [-0.1, -0.05) is 12.1 Å². The molecule has 0 spiro atoms. The maximum absolute atomic E-state index is 12.1. The second-order valence-electron chi connectivity index (χ2n) is 5.54. The maximum atomic E-state index is 12.1. The van der Waals surface area contributed by atoms with Crippen LogP contribution in [-0.4, -0.2) is 35.1 Å². The molecule has 0 aliphatic rings. The molecular weight excluding hydrogens is 474 g/mol. The highest BCUT2D eigenvalue weighted by molar-refractivity contribution is 14.0. The number of ether oxygens (including phenoxy) is 1. The summed E-state index contributed by atoms with van der Waals surface area (Å²) < 4.78 is 42.9. The van der Waals surface area contributed by atoms with Crippen molar-refractivity contribution in [1.29, 1.82) is 0 Å². The van der Waals surface area contributed by atoms with Gasteiger partial charge in [-0.25, -0.2) is 4.99 Å². The number of aryl methyl sites for hydroxylation is 1. The van der Waals surface area contributed by atoms with Crippen LogP contribution < -0.4 is 15.4 Å². The van der Waals surface area contributed by atoms with Crippen molar-refractivity contribution in [2.75, 3.05) is 13.2 Å². The van der Waals surface area contributed by atoms with Gasteiger partial charge < -0.3 is 15.4 Å². The average Bonchev–Trinajstić information content (AvgIpc) is 3.01. The molecule has 0 unspecified atom stereocenters. The van der Waals surface area contributed by atoms with Crippen molar-refractivity contribution >= 4 is 29.9 Å². The summed E-state index contributed by atoms with van der Waals surface area (Å²) in [6.45, 7) is 2.34. The summed E-state index contributed by atoms with van der Waals surface area (Å²) in [6.07, 6.45) is -2.62. The van der Waals surface area contributed by atoms with Gasteiger partial charge in [-0.2, -0.15) is 18.3 Å². The number of alkyl halides is 3. The summed E-state index contributed by atoms with van der Waals surface area (Å²) in [5, 5.41) is 10.5. The predicted octanol–water partition coefficient (Wildman–Crippen LogP) is 3.23. The van der Waals surface area contributed by atoms with Crippen LogP contribution in [0.5, 0.6) is 5.75 Å². The van der Waals surface area contributed by atoms with E-state index in [-0.39, 0.29) is 29.7 Å². The summed E-state index contributed by atoms with van der Waals surface area (Å²) in [7, 11) is 1.86. The molecule has 1 heterocycles. The molecular formula is C17H23F3IN5O. The first-order chi connectivity index (χ1) is 12.4. The molecule has 1 aromatic carbocycles. The van der Waals surface area contributed by atoms with Crippen LogP contribution in [0.15, 0.2) is 41.5 Å². The number of hydrogen-bond donors (Lipinski definition) is 2. The van der Waals surface area contributed by atoms with Crippen molar-refractivity contribution in [3.8, 4) is 5.75 Å². The lowest BCUT2D eigenvalue weighted by molar-refractivity contribution is -0.153. The van der Waals surface area contributed by atoms with Gasteiger partial charge in [0.15, 0.2) is 12.6 Å². The maximum Gasteiger partial charge on any atom is 0.422 e. The fourth-order valence-electron chi connectivity index (χ4n) is 2.12. The Balaban J connectivity index is 0.00000364. The first-order valence-electron chi connectivity index (χ1n) is 8.15. The zero-order chi connectivity index (χ0) is 19.0. The highest BCUT2D eigenvalue weighted by Crippen LogP contribution is 2.19. The van der Waals surface area contributed by atoms with Gasteiger partial charge in [-0.15, -0.1) is 24.0 Å². The number of halogens is 4. The number of aromatic nitrogens is 2. The van der Waals surface area contributed by atoms with E-state index < -0.39 is 12.8 Å². The molecule has 6 nitrogen and oxygen atoms in total. The number of nitrogens with zero attached hydrogens (tertiary/aromatic N) is 3. The molecule has 0 radical (unpaired) electrons. The Morgan fingerprint density at radius 3 is 2.44 bits per heavy atom. The Bertz CT molecular complexity index is 716. The van der Waals surface area contributed by atoms with Crippen molar-refractivity contribution < 1.29 is 17.9 Å². The third kappa shape index (κ3) is 8.50. The molecule has 0 aliphatic heterocycles. The van der Waals surface area contributed by atoms with Crippen molar-refractivity contribution in [3.63, 3.8) is 0 Å². The van der Waals surface area contributed by atoms with Crippen LogP contribution >= 0.6 is 24.0 Å². The third-order valence-electron chi connectivity index (χ3n) is 3.45. The quantitative estimate of drug-likeness (QED) is 0.351. The van der Waals surface area contributed by atoms with Crippen LogP contribution in [0.4, 0.5) is 13.2 Å². The van der Waals surface area contributed by atoms with E-state index in [1.807, 2.05) is 20.0 Å². The normalized spacial score (nSPS) is 11.7. The number of rotatable bonds is 7. The van der Waals surface area contributed by atoms with E-state index in [1.54, 1.807) is 23.0 Å². The zero-order valence-corrected chi connectivity index (χ0v) is 17.4. The van der Waals surface area contributed by atoms with Gasteiger partial charge in [0.2, 0.25) is 0 Å². The van der Waals surface area contributed by atoms with Crippen LogP contribution in [0.1, 0.15) is 18.2 Å². The SMILES string of the molecule is CCNC(=NCc1ccc(OCC(F)(F)F)cc1)NCc1ccnn1C.I. The Hall–Kier alpha value is -1.98. The fraction of sp³-hybridized carbons (Fsp3) is 0.412. The van der Waals surface area contributed by atoms with Gasteiger partial charge in [0, 0.05) is 19.8 Å². The minimum atomic E-state index is -4.34. The zero-order valence-electron chi connectivity index (χ0n) is 15.1. The Morgan fingerprint density at radius 2 is 1.89 bits per heavy atom. The topological polar surface area (TPSA) is 63.5 Å². The highest BCUT2D eigenvalue weighted by atomic mass is 127. The molecule has 0 amide bonds. The lowest BCUT2D eigenvalue weighted by atomic mass is 10.2. The smallest absolute Gasteiger partial charge is 0.422 e. The van der Waals surface area contributed by atoms with Crippen molar-refractivity contribution in [2.24, 2.45) is 12.0 Å². The van der Waals surface area contributed by atoms with Crippen molar-refractivity contribution in [3.05, 3.63) is 47.8 Å². The van der Waals surface area contributed by atoms with Gasteiger partial charge in [-0.05, 0) is 30.7 Å². The Morgan fingerprint density at radius 1 is 1.19 bits per heavy atom. The van der Waals surface area contributed by atoms with E-state index in [9.17, 15) is 13.2 Å². The molecule has 1 aromatic heterocycles. The van der Waals surface area contributed by atoms with Gasteiger partial charge >= 0.3 is 6.18 Å². The molecule has 27 heavy (non-hydrogen) atoms. The molecule has 0 bridgehead atoms. The molecule has 0 atom stereocenters. The van der Waals surface area contributed by atoms with Gasteiger partial charge in [-0.3, -0.25) is 4.68 Å². The number of aliphatic imine (C=N–C) groups is 1. The van der Waals surface area contributed by atoms with Crippen molar-refractivity contribution in [2.45, 2.75) is 26.2 Å². The second-order valence-corrected chi connectivity index (χ2v) is 5.54. The first-order valence-corrected chi connectivity index (χ1v) is 8.15. The van der Waals surface area contributed by atoms with Gasteiger partial charge in [0.25, 0.3) is 0 Å². The molecule has 150 valence electrons. The van der Waals surface area contributed by atoms with E-state index in [1.165, 1.54) is 12.1 Å². The van der Waals surface area contributed by atoms with E-state index >= 15 is 0 Å². The lowest BCUT2D eigenvalue weighted by Crippen LogP contribution is -2.37. The summed E-state index contributed by atoms with van der Waals surface area (Å²) in [6, 6.07) is 8.31. The highest BCUT2D eigenvalue weighted by Gasteiger charge is 2.28. The number of guanidine groups is 1. The standard InChI is InChI=1S/C17H22F3N5O.HI/c1-3-21-16(23-11-14-8-9-24-25(14)2)22-10-13-4-6-15(7-5-13)26-12-17(18,19)20;/h4-9H,3,10-12H2,1-2H3,(H2,21,22,23);1H. The minimum absolute atomic E-state index is 0. The molecule has 10 heteroatoms. The summed E-state index contributed by atoms with van der Waals surface area (Å²) in [5.74, 6) is 0.822. The van der Waals surface area contributed by atoms with E-state index in [0.29, 0.717) is 25.6 Å². The fourth-order valence-corrected chi connectivity index (χ4v) is 2.12. The molecule has 2 N–H and O–H groups in total. The van der Waals surface area contributed by atoms with Crippen LogP contribution in [0.3, 0.4) is 0 Å². The Labute approximate surface area is 173 Å². The van der Waals surface area contributed by atoms with E-state index in [4.69, 9.17) is 0 Å². The van der Waals surface area contributed by atoms with Crippen LogP contribution in [0.25, 0.3) is 0 Å².